The lowest BCUT2D eigenvalue weighted by Crippen LogP contribution is -2.34. The number of hydrogen-bond acceptors (Lipinski definition) is 5. The van der Waals surface area contributed by atoms with Gasteiger partial charge in [0, 0.05) is 6.07 Å². The fourth-order valence-corrected chi connectivity index (χ4v) is 4.04. The van der Waals surface area contributed by atoms with Crippen molar-refractivity contribution in [3.63, 3.8) is 0 Å². The molecular formula is C23H23ClN7O3+. The average Bonchev–Trinajstić information content (AvgIpc) is 3.48. The lowest BCUT2D eigenvalue weighted by Gasteiger charge is -2.24. The Bertz CT molecular complexity index is 1310. The molecule has 0 atom stereocenters. The van der Waals surface area contributed by atoms with Gasteiger partial charge < -0.3 is 20.4 Å². The number of amides is 2. The van der Waals surface area contributed by atoms with Crippen LogP contribution >= 0.6 is 11.6 Å². The first-order chi connectivity index (χ1) is 16.6. The molecule has 2 aromatic heterocycles. The van der Waals surface area contributed by atoms with Crippen molar-refractivity contribution in [3.05, 3.63) is 65.2 Å². The van der Waals surface area contributed by atoms with Crippen molar-refractivity contribution in [1.82, 2.24) is 20.3 Å². The number of nitrogens with one attached hydrogen (secondary N) is 6. The molecule has 3 heterocycles. The largest absolute Gasteiger partial charge is 0.490 e. The molecule has 1 fully saturated rings. The van der Waals surface area contributed by atoms with E-state index in [1.54, 1.807) is 18.2 Å². The zero-order chi connectivity index (χ0) is 23.5. The highest BCUT2D eigenvalue weighted by molar-refractivity contribution is 6.34. The molecule has 1 aliphatic rings. The van der Waals surface area contributed by atoms with Gasteiger partial charge in [-0.2, -0.15) is 0 Å². The van der Waals surface area contributed by atoms with Crippen molar-refractivity contribution in [3.8, 4) is 5.75 Å². The maximum absolute atomic E-state index is 12.9. The number of anilines is 2. The monoisotopic (exact) mass is 480 g/mol. The summed E-state index contributed by atoms with van der Waals surface area (Å²) in [5, 5.41) is 9.03. The molecule has 0 aliphatic carbocycles. The molecule has 34 heavy (non-hydrogen) atoms. The summed E-state index contributed by atoms with van der Waals surface area (Å²) < 4.78 is 5.99. The van der Waals surface area contributed by atoms with Crippen LogP contribution in [0.2, 0.25) is 5.02 Å². The van der Waals surface area contributed by atoms with Crippen LogP contribution in [0.5, 0.6) is 5.75 Å². The fraction of sp³-hybridized carbons (Fsp3) is 0.217. The zero-order valence-electron chi connectivity index (χ0n) is 18.1. The molecular weight excluding hydrogens is 458 g/mol. The first kappa shape index (κ1) is 21.9. The normalized spacial score (nSPS) is 14.1. The van der Waals surface area contributed by atoms with Gasteiger partial charge in [0.2, 0.25) is 23.7 Å². The maximum Gasteiger partial charge on any atom is 0.302 e. The van der Waals surface area contributed by atoms with Gasteiger partial charge >= 0.3 is 5.91 Å². The Morgan fingerprint density at radius 3 is 2.71 bits per heavy atom. The number of ether oxygens (including phenoxy) is 1. The number of carbonyl (C=O) groups excluding carboxylic acids is 2. The van der Waals surface area contributed by atoms with Gasteiger partial charge in [-0.3, -0.25) is 14.9 Å². The van der Waals surface area contributed by atoms with Crippen molar-refractivity contribution < 1.29 is 19.3 Å². The molecule has 2 amide bonds. The molecule has 1 aliphatic heterocycles. The van der Waals surface area contributed by atoms with Crippen LogP contribution in [0.25, 0.3) is 11.0 Å². The summed E-state index contributed by atoms with van der Waals surface area (Å²) in [5.74, 6) is -0.124. The Morgan fingerprint density at radius 1 is 1.09 bits per heavy atom. The molecule has 0 spiro atoms. The predicted octanol–water partition coefficient (Wildman–Crippen LogP) is 2.99. The van der Waals surface area contributed by atoms with Crippen LogP contribution in [0.3, 0.4) is 0 Å². The summed E-state index contributed by atoms with van der Waals surface area (Å²) in [7, 11) is 0. The number of aromatic nitrogens is 4. The molecule has 4 aromatic rings. The minimum Gasteiger partial charge on any atom is -0.490 e. The van der Waals surface area contributed by atoms with Crippen molar-refractivity contribution >= 4 is 46.1 Å². The Labute approximate surface area is 199 Å². The minimum atomic E-state index is -0.526. The van der Waals surface area contributed by atoms with Crippen LogP contribution in [0.4, 0.5) is 11.6 Å². The third-order valence-electron chi connectivity index (χ3n) is 5.54. The van der Waals surface area contributed by atoms with E-state index in [2.05, 4.69) is 35.9 Å². The fourth-order valence-electron chi connectivity index (χ4n) is 3.83. The number of hydrogen-bond donors (Lipinski definition) is 5. The second-order valence-electron chi connectivity index (χ2n) is 7.90. The number of H-pyrrole nitrogens is 3. The zero-order valence-corrected chi connectivity index (χ0v) is 18.8. The van der Waals surface area contributed by atoms with E-state index in [1.807, 2.05) is 24.3 Å². The van der Waals surface area contributed by atoms with Crippen molar-refractivity contribution in [2.75, 3.05) is 23.7 Å². The Morgan fingerprint density at radius 2 is 1.91 bits per heavy atom. The van der Waals surface area contributed by atoms with Crippen molar-refractivity contribution in [1.29, 1.82) is 0 Å². The Kier molecular flexibility index (Phi) is 6.15. The molecule has 0 radical (unpaired) electrons. The third kappa shape index (κ3) is 4.73. The van der Waals surface area contributed by atoms with Crippen LogP contribution in [0.1, 0.15) is 33.8 Å². The SMILES string of the molecule is O=C(Nc1nc2ccccc2[nH]1)c1[nH]c[nH+]c1C(=O)Nc1ccc(OC2CCNCC2)cc1Cl. The Balaban J connectivity index is 1.26. The van der Waals surface area contributed by atoms with E-state index in [9.17, 15) is 9.59 Å². The highest BCUT2D eigenvalue weighted by Crippen LogP contribution is 2.28. The molecule has 11 heteroatoms. The summed E-state index contributed by atoms with van der Waals surface area (Å²) in [6.45, 7) is 1.85. The van der Waals surface area contributed by atoms with Crippen LogP contribution < -0.4 is 25.7 Å². The van der Waals surface area contributed by atoms with E-state index in [0.717, 1.165) is 37.0 Å². The number of aromatic amines is 3. The molecule has 1 saturated heterocycles. The highest BCUT2D eigenvalue weighted by atomic mass is 35.5. The topological polar surface area (TPSA) is 138 Å². The summed E-state index contributed by atoms with van der Waals surface area (Å²) in [4.78, 5) is 38.5. The van der Waals surface area contributed by atoms with Crippen molar-refractivity contribution in [2.45, 2.75) is 18.9 Å². The number of benzene rings is 2. The first-order valence-corrected chi connectivity index (χ1v) is 11.3. The van der Waals surface area contributed by atoms with Crippen LogP contribution in [-0.4, -0.2) is 46.0 Å². The molecule has 10 nitrogen and oxygen atoms in total. The van der Waals surface area contributed by atoms with Crippen LogP contribution in [0.15, 0.2) is 48.8 Å². The standard InChI is InChI=1S/C23H22ClN7O3/c24-15-11-14(34-13-7-9-25-10-8-13)5-6-16(15)28-21(32)19-20(27-12-26-19)22(33)31-23-29-17-3-1-2-4-18(17)30-23/h1-6,11-13,25H,7-10H2,(H,26,27)(H,28,32)(H2,29,30,31,33)/p+1. The van der Waals surface area contributed by atoms with Gasteiger partial charge in [0.15, 0.2) is 0 Å². The molecule has 2 aromatic carbocycles. The van der Waals surface area contributed by atoms with Crippen LogP contribution in [-0.2, 0) is 0 Å². The summed E-state index contributed by atoms with van der Waals surface area (Å²) >= 11 is 6.38. The van der Waals surface area contributed by atoms with E-state index in [-0.39, 0.29) is 23.4 Å². The first-order valence-electron chi connectivity index (χ1n) is 10.9. The van der Waals surface area contributed by atoms with Gasteiger partial charge in [0.05, 0.1) is 21.7 Å². The van der Waals surface area contributed by atoms with E-state index in [1.165, 1.54) is 6.33 Å². The number of rotatable bonds is 6. The highest BCUT2D eigenvalue weighted by Gasteiger charge is 2.27. The lowest BCUT2D eigenvalue weighted by atomic mass is 10.1. The second-order valence-corrected chi connectivity index (χ2v) is 8.31. The van der Waals surface area contributed by atoms with E-state index < -0.39 is 11.8 Å². The number of carbonyl (C=O) groups is 2. The van der Waals surface area contributed by atoms with Gasteiger partial charge in [0.25, 0.3) is 5.91 Å². The van der Waals surface area contributed by atoms with E-state index >= 15 is 0 Å². The second kappa shape index (κ2) is 9.54. The van der Waals surface area contributed by atoms with Gasteiger partial charge in [-0.05, 0) is 50.2 Å². The smallest absolute Gasteiger partial charge is 0.302 e. The third-order valence-corrected chi connectivity index (χ3v) is 5.85. The number of nitrogens with zero attached hydrogens (tertiary/aromatic N) is 1. The molecule has 6 N–H and O–H groups in total. The van der Waals surface area contributed by atoms with Crippen molar-refractivity contribution in [2.24, 2.45) is 0 Å². The van der Waals surface area contributed by atoms with Gasteiger partial charge in [-0.25, -0.2) is 15.0 Å². The quantitative estimate of drug-likeness (QED) is 0.289. The van der Waals surface area contributed by atoms with Gasteiger partial charge in [-0.1, -0.05) is 23.7 Å². The van der Waals surface area contributed by atoms with E-state index in [0.29, 0.717) is 16.5 Å². The summed E-state index contributed by atoms with van der Waals surface area (Å²) in [6.07, 6.45) is 3.40. The maximum atomic E-state index is 12.9. The minimum absolute atomic E-state index is 0.0553. The number of para-hydroxylation sites is 2. The Hall–Kier alpha value is -3.89. The molecule has 5 rings (SSSR count). The molecule has 0 saturated carbocycles. The molecule has 174 valence electrons. The number of fused-ring (bicyclic) bond motifs is 1. The number of piperidine rings is 1. The number of halogens is 1. The molecule has 0 bridgehead atoms. The van der Waals surface area contributed by atoms with Crippen LogP contribution in [0, 0.1) is 0 Å². The average molecular weight is 481 g/mol. The molecule has 0 unspecified atom stereocenters. The van der Waals surface area contributed by atoms with Gasteiger partial charge in [0.1, 0.15) is 11.9 Å². The van der Waals surface area contributed by atoms with E-state index in [4.69, 9.17) is 16.3 Å². The predicted molar refractivity (Wildman–Crippen MR) is 127 cm³/mol. The number of imidazole rings is 2. The summed E-state index contributed by atoms with van der Waals surface area (Å²) in [5.41, 5.74) is 2.02. The van der Waals surface area contributed by atoms with Gasteiger partial charge in [-0.15, -0.1) is 0 Å². The summed E-state index contributed by atoms with van der Waals surface area (Å²) in [6, 6.07) is 12.5. The lowest BCUT2D eigenvalue weighted by molar-refractivity contribution is -0.379.